The number of carbonyl (C=O) groups excluding carboxylic acids is 2. The minimum absolute atomic E-state index is 0.156. The molecule has 0 aliphatic carbocycles. The van der Waals surface area contributed by atoms with E-state index in [4.69, 9.17) is 14.2 Å². The standard InChI is InChI=1S/C24H34N2O5/c1-16(8-10-20(27)30-14-13-26-11-5-6-12-26)7-9-18-22(25-3)21-19(15-31-24(21)28)17(2)23(18)29-4/h7,25H,5-6,8-15H2,1-4H3/b16-7+. The minimum atomic E-state index is -0.302. The lowest BCUT2D eigenvalue weighted by Gasteiger charge is -2.19. The molecule has 0 aromatic heterocycles. The Bertz CT molecular complexity index is 856. The number of rotatable bonds is 10. The average Bonchev–Trinajstić information content (AvgIpc) is 3.41. The molecular weight excluding hydrogens is 396 g/mol. The number of anilines is 1. The Morgan fingerprint density at radius 2 is 2.00 bits per heavy atom. The molecule has 7 heteroatoms. The Morgan fingerprint density at radius 3 is 2.68 bits per heavy atom. The van der Waals surface area contributed by atoms with Gasteiger partial charge in [-0.15, -0.1) is 0 Å². The van der Waals surface area contributed by atoms with Gasteiger partial charge in [-0.3, -0.25) is 9.69 Å². The van der Waals surface area contributed by atoms with Crippen LogP contribution < -0.4 is 10.1 Å². The van der Waals surface area contributed by atoms with Crippen LogP contribution in [0.5, 0.6) is 5.75 Å². The number of ether oxygens (including phenoxy) is 3. The third-order valence-corrected chi connectivity index (χ3v) is 6.17. The largest absolute Gasteiger partial charge is 0.496 e. The summed E-state index contributed by atoms with van der Waals surface area (Å²) in [5.41, 5.74) is 5.19. The van der Waals surface area contributed by atoms with Crippen LogP contribution in [0.25, 0.3) is 0 Å². The Hall–Kier alpha value is -2.54. The minimum Gasteiger partial charge on any atom is -0.496 e. The fourth-order valence-electron chi connectivity index (χ4n) is 4.37. The fourth-order valence-corrected chi connectivity index (χ4v) is 4.37. The molecule has 0 amide bonds. The Balaban J connectivity index is 1.60. The maximum Gasteiger partial charge on any atom is 0.341 e. The molecule has 0 spiro atoms. The van der Waals surface area contributed by atoms with Gasteiger partial charge in [0.25, 0.3) is 0 Å². The van der Waals surface area contributed by atoms with E-state index in [2.05, 4.69) is 16.3 Å². The zero-order valence-electron chi connectivity index (χ0n) is 19.1. The number of carbonyl (C=O) groups is 2. The van der Waals surface area contributed by atoms with Gasteiger partial charge >= 0.3 is 11.9 Å². The van der Waals surface area contributed by atoms with Crippen LogP contribution in [0.1, 0.15) is 59.7 Å². The van der Waals surface area contributed by atoms with Crippen LogP contribution in [-0.4, -0.2) is 57.2 Å². The number of allylic oxidation sites excluding steroid dienone is 2. The topological polar surface area (TPSA) is 77.1 Å². The van der Waals surface area contributed by atoms with E-state index in [1.807, 2.05) is 13.8 Å². The molecule has 0 atom stereocenters. The first kappa shape index (κ1) is 23.1. The summed E-state index contributed by atoms with van der Waals surface area (Å²) >= 11 is 0. The number of likely N-dealkylation sites (tertiary alicyclic amines) is 1. The van der Waals surface area contributed by atoms with Gasteiger partial charge < -0.3 is 19.5 Å². The van der Waals surface area contributed by atoms with E-state index in [1.165, 1.54) is 12.8 Å². The lowest BCUT2D eigenvalue weighted by Crippen LogP contribution is -2.25. The number of benzene rings is 1. The quantitative estimate of drug-likeness (QED) is 0.449. The molecule has 0 bridgehead atoms. The summed E-state index contributed by atoms with van der Waals surface area (Å²) in [6, 6.07) is 0. The van der Waals surface area contributed by atoms with Crippen molar-refractivity contribution in [3.8, 4) is 5.75 Å². The number of hydrogen-bond acceptors (Lipinski definition) is 7. The number of hydrogen-bond donors (Lipinski definition) is 1. The zero-order valence-corrected chi connectivity index (χ0v) is 19.1. The first-order valence-corrected chi connectivity index (χ1v) is 11.1. The van der Waals surface area contributed by atoms with E-state index < -0.39 is 0 Å². The van der Waals surface area contributed by atoms with E-state index in [-0.39, 0.29) is 18.5 Å². The van der Waals surface area contributed by atoms with Crippen molar-refractivity contribution < 1.29 is 23.8 Å². The van der Waals surface area contributed by atoms with Gasteiger partial charge in [-0.2, -0.15) is 0 Å². The van der Waals surface area contributed by atoms with Gasteiger partial charge in [0.15, 0.2) is 0 Å². The third-order valence-electron chi connectivity index (χ3n) is 6.17. The molecule has 0 saturated carbocycles. The van der Waals surface area contributed by atoms with Crippen molar-refractivity contribution in [1.29, 1.82) is 0 Å². The summed E-state index contributed by atoms with van der Waals surface area (Å²) in [6.07, 6.45) is 6.17. The first-order chi connectivity index (χ1) is 15.0. The van der Waals surface area contributed by atoms with Gasteiger partial charge in [0.2, 0.25) is 0 Å². The van der Waals surface area contributed by atoms with Crippen molar-refractivity contribution in [3.63, 3.8) is 0 Å². The molecule has 0 unspecified atom stereocenters. The van der Waals surface area contributed by atoms with Crippen LogP contribution in [0.3, 0.4) is 0 Å². The summed E-state index contributed by atoms with van der Waals surface area (Å²) in [5, 5.41) is 3.16. The molecule has 1 N–H and O–H groups in total. The predicted molar refractivity (Wildman–Crippen MR) is 120 cm³/mol. The van der Waals surface area contributed by atoms with Crippen molar-refractivity contribution in [2.24, 2.45) is 0 Å². The van der Waals surface area contributed by atoms with E-state index >= 15 is 0 Å². The van der Waals surface area contributed by atoms with Crippen molar-refractivity contribution in [2.45, 2.75) is 52.6 Å². The van der Waals surface area contributed by atoms with Gasteiger partial charge in [-0.1, -0.05) is 11.6 Å². The second-order valence-electron chi connectivity index (χ2n) is 8.22. The SMILES string of the molecule is CNc1c(C/C=C(\C)CCC(=O)OCCN2CCCC2)c(OC)c(C)c2c1C(=O)OC2. The van der Waals surface area contributed by atoms with Crippen LogP contribution in [0, 0.1) is 6.92 Å². The van der Waals surface area contributed by atoms with E-state index in [0.717, 1.165) is 53.3 Å². The number of nitrogens with zero attached hydrogens (tertiary/aromatic N) is 1. The lowest BCUT2D eigenvalue weighted by molar-refractivity contribution is -0.143. The molecular formula is C24H34N2O5. The highest BCUT2D eigenvalue weighted by Gasteiger charge is 2.31. The molecule has 1 aromatic rings. The summed E-state index contributed by atoms with van der Waals surface area (Å²) < 4.78 is 16.3. The number of nitrogens with one attached hydrogen (secondary N) is 1. The Labute approximate surface area is 184 Å². The number of methoxy groups -OCH3 is 1. The molecule has 0 radical (unpaired) electrons. The molecule has 7 nitrogen and oxygen atoms in total. The van der Waals surface area contributed by atoms with Crippen molar-refractivity contribution in [2.75, 3.05) is 45.7 Å². The van der Waals surface area contributed by atoms with E-state index in [9.17, 15) is 9.59 Å². The second-order valence-corrected chi connectivity index (χ2v) is 8.22. The van der Waals surface area contributed by atoms with Gasteiger partial charge in [0, 0.05) is 31.1 Å². The van der Waals surface area contributed by atoms with Crippen LogP contribution >= 0.6 is 0 Å². The predicted octanol–water partition coefficient (Wildman–Crippen LogP) is 3.62. The van der Waals surface area contributed by atoms with Crippen LogP contribution in [0.2, 0.25) is 0 Å². The first-order valence-electron chi connectivity index (χ1n) is 11.1. The normalized spacial score (nSPS) is 16.3. The van der Waals surface area contributed by atoms with Gasteiger partial charge in [0.05, 0.1) is 18.4 Å². The van der Waals surface area contributed by atoms with Crippen LogP contribution in [0.15, 0.2) is 11.6 Å². The summed E-state index contributed by atoms with van der Waals surface area (Å²) in [4.78, 5) is 26.7. The highest BCUT2D eigenvalue weighted by atomic mass is 16.5. The molecule has 1 aromatic carbocycles. The maximum atomic E-state index is 12.3. The number of esters is 2. The molecule has 1 saturated heterocycles. The molecule has 31 heavy (non-hydrogen) atoms. The lowest BCUT2D eigenvalue weighted by atomic mass is 9.93. The summed E-state index contributed by atoms with van der Waals surface area (Å²) in [6.45, 7) is 7.76. The Morgan fingerprint density at radius 1 is 1.26 bits per heavy atom. The third kappa shape index (κ3) is 5.39. The molecule has 2 aliphatic rings. The van der Waals surface area contributed by atoms with Gasteiger partial charge in [-0.05, 0) is 58.2 Å². The molecule has 2 heterocycles. The highest BCUT2D eigenvalue weighted by Crippen LogP contribution is 2.41. The molecule has 3 rings (SSSR count). The Kier molecular flexibility index (Phi) is 7.96. The second kappa shape index (κ2) is 10.7. The van der Waals surface area contributed by atoms with Crippen molar-refractivity contribution in [3.05, 3.63) is 33.9 Å². The van der Waals surface area contributed by atoms with Crippen molar-refractivity contribution in [1.82, 2.24) is 4.90 Å². The molecule has 1 fully saturated rings. The van der Waals surface area contributed by atoms with E-state index in [0.29, 0.717) is 31.4 Å². The number of cyclic esters (lactones) is 1. The summed E-state index contributed by atoms with van der Waals surface area (Å²) in [7, 11) is 3.44. The maximum absolute atomic E-state index is 12.3. The van der Waals surface area contributed by atoms with Gasteiger partial charge in [-0.25, -0.2) is 4.79 Å². The smallest absolute Gasteiger partial charge is 0.341 e. The fraction of sp³-hybridized carbons (Fsp3) is 0.583. The zero-order chi connectivity index (χ0) is 22.4. The monoisotopic (exact) mass is 430 g/mol. The van der Waals surface area contributed by atoms with Crippen LogP contribution in [0.4, 0.5) is 5.69 Å². The summed E-state index contributed by atoms with van der Waals surface area (Å²) in [5.74, 6) is 0.312. The highest BCUT2D eigenvalue weighted by molar-refractivity contribution is 6.01. The molecule has 2 aliphatic heterocycles. The van der Waals surface area contributed by atoms with Gasteiger partial charge in [0.1, 0.15) is 19.0 Å². The average molecular weight is 431 g/mol. The van der Waals surface area contributed by atoms with Crippen LogP contribution in [-0.2, 0) is 27.3 Å². The number of fused-ring (bicyclic) bond motifs is 1. The molecule has 170 valence electrons. The van der Waals surface area contributed by atoms with Crippen molar-refractivity contribution >= 4 is 17.6 Å². The van der Waals surface area contributed by atoms with E-state index in [1.54, 1.807) is 14.2 Å².